The van der Waals surface area contributed by atoms with Crippen LogP contribution in [0.15, 0.2) is 64.6 Å². The van der Waals surface area contributed by atoms with Gasteiger partial charge >= 0.3 is 12.0 Å². The maximum absolute atomic E-state index is 12.4. The van der Waals surface area contributed by atoms with E-state index in [4.69, 9.17) is 5.73 Å². The van der Waals surface area contributed by atoms with E-state index in [-0.39, 0.29) is 22.7 Å². The van der Waals surface area contributed by atoms with Gasteiger partial charge in [-0.2, -0.15) is 0 Å². The Kier molecular flexibility index (Phi) is 6.75. The molecule has 1 aromatic heterocycles. The van der Waals surface area contributed by atoms with Gasteiger partial charge in [-0.25, -0.2) is 14.6 Å². The fraction of sp³-hybridized carbons (Fsp3) is 0.0870. The number of aliphatic carboxylic acids is 1. The second kappa shape index (κ2) is 10.1. The number of rotatable bonds is 7. The molecule has 0 saturated carbocycles. The van der Waals surface area contributed by atoms with Gasteiger partial charge in [0.25, 0.3) is 5.69 Å². The molecule has 14 heteroatoms. The van der Waals surface area contributed by atoms with Crippen molar-refractivity contribution >= 4 is 52.4 Å². The first-order valence-electron chi connectivity index (χ1n) is 10.7. The molecule has 1 aliphatic heterocycles. The minimum absolute atomic E-state index is 0.0305. The van der Waals surface area contributed by atoms with Crippen LogP contribution in [0.4, 0.5) is 33.2 Å². The monoisotopic (exact) mass is 505 g/mol. The number of urea groups is 1. The van der Waals surface area contributed by atoms with Crippen LogP contribution in [0.2, 0.25) is 0 Å². The Labute approximate surface area is 207 Å². The summed E-state index contributed by atoms with van der Waals surface area (Å²) in [6.07, 6.45) is 2.76. The predicted molar refractivity (Wildman–Crippen MR) is 134 cm³/mol. The van der Waals surface area contributed by atoms with Crippen LogP contribution >= 0.6 is 0 Å². The van der Waals surface area contributed by atoms with Crippen molar-refractivity contribution in [2.75, 3.05) is 16.0 Å². The molecule has 1 unspecified atom stereocenters. The number of aldehydes is 1. The lowest BCUT2D eigenvalue weighted by molar-refractivity contribution is -0.384. The molecule has 0 spiro atoms. The lowest BCUT2D eigenvalue weighted by Gasteiger charge is -2.22. The number of nitrogens with zero attached hydrogens (tertiary/aromatic N) is 3. The van der Waals surface area contributed by atoms with Crippen molar-refractivity contribution in [2.45, 2.75) is 12.6 Å². The number of nitrogens with two attached hydrogens (primary N) is 1. The Morgan fingerprint density at radius 3 is 2.57 bits per heavy atom. The number of carbonyl (C=O) groups excluding carboxylic acids is 2. The van der Waals surface area contributed by atoms with Crippen LogP contribution in [0.3, 0.4) is 0 Å². The third kappa shape index (κ3) is 5.18. The Morgan fingerprint density at radius 2 is 1.95 bits per heavy atom. The van der Waals surface area contributed by atoms with Gasteiger partial charge in [-0.1, -0.05) is 12.1 Å². The third-order valence-electron chi connectivity index (χ3n) is 5.39. The Hall–Kier alpha value is -5.37. The number of hydrogen-bond donors (Lipinski definition) is 5. The minimum atomic E-state index is -1.44. The van der Waals surface area contributed by atoms with E-state index in [1.807, 2.05) is 0 Å². The highest BCUT2D eigenvalue weighted by Crippen LogP contribution is 2.38. The van der Waals surface area contributed by atoms with Crippen LogP contribution in [0.5, 0.6) is 0 Å². The quantitative estimate of drug-likeness (QED) is 0.180. The van der Waals surface area contributed by atoms with Crippen molar-refractivity contribution in [3.8, 4) is 5.69 Å². The van der Waals surface area contributed by atoms with Gasteiger partial charge in [-0.3, -0.25) is 14.9 Å². The Bertz CT molecular complexity index is 1510. The molecule has 0 fully saturated rings. The first-order valence-corrected chi connectivity index (χ1v) is 10.7. The molecule has 0 aliphatic carbocycles. The second-order valence-electron chi connectivity index (χ2n) is 7.79. The number of pyridine rings is 1. The number of hydrogen-bond acceptors (Lipinski definition) is 9. The van der Waals surface area contributed by atoms with Crippen LogP contribution in [0, 0.1) is 10.1 Å². The maximum Gasteiger partial charge on any atom is 0.352 e. The summed E-state index contributed by atoms with van der Waals surface area (Å²) in [4.78, 5) is 62.7. The van der Waals surface area contributed by atoms with Crippen molar-refractivity contribution in [2.24, 2.45) is 10.7 Å². The SMILES string of the molecule is NCc1ccc(NC(=O)Nc2cn(-c3cc4c(cc3[N+](=O)[O-])NC(C=O)C(C(=O)O)=N4)ccc2=O)cc1. The topological polar surface area (TPSA) is 211 Å². The molecule has 6 N–H and O–H groups in total. The van der Waals surface area contributed by atoms with Crippen LogP contribution in [0.25, 0.3) is 5.69 Å². The van der Waals surface area contributed by atoms with Crippen LogP contribution < -0.4 is 27.1 Å². The van der Waals surface area contributed by atoms with E-state index in [9.17, 15) is 34.4 Å². The fourth-order valence-electron chi connectivity index (χ4n) is 3.58. The number of amides is 2. The number of carboxylic acids is 1. The molecule has 0 saturated heterocycles. The molecule has 0 bridgehead atoms. The molecular weight excluding hydrogens is 486 g/mol. The summed E-state index contributed by atoms with van der Waals surface area (Å²) in [5.74, 6) is -1.44. The Morgan fingerprint density at radius 1 is 1.22 bits per heavy atom. The Balaban J connectivity index is 1.69. The van der Waals surface area contributed by atoms with Gasteiger partial charge in [-0.15, -0.1) is 0 Å². The number of nitro groups is 1. The average molecular weight is 505 g/mol. The van der Waals surface area contributed by atoms with Gasteiger partial charge in [0.1, 0.15) is 23.7 Å². The fourth-order valence-corrected chi connectivity index (χ4v) is 3.58. The van der Waals surface area contributed by atoms with E-state index in [2.05, 4.69) is 20.9 Å². The first kappa shape index (κ1) is 24.7. The van der Waals surface area contributed by atoms with Gasteiger partial charge in [0.05, 0.1) is 16.3 Å². The maximum atomic E-state index is 12.4. The van der Waals surface area contributed by atoms with E-state index in [1.165, 1.54) is 23.0 Å². The number of anilines is 3. The highest BCUT2D eigenvalue weighted by Gasteiger charge is 2.30. The standard InChI is InChI=1S/C23H19N7O7/c24-9-12-1-3-13(4-2-12)25-23(35)28-16-10-29(6-5-20(16)32)18-7-15-14(8-19(18)30(36)37)26-17(11-31)21(27-15)22(33)34/h1-8,10-11,17,26H,9,24H2,(H,33,34)(H2,25,28,35). The number of carboxylic acid groups (broad SMARTS) is 1. The zero-order valence-corrected chi connectivity index (χ0v) is 18.9. The van der Waals surface area contributed by atoms with Crippen molar-refractivity contribution in [1.29, 1.82) is 0 Å². The molecule has 37 heavy (non-hydrogen) atoms. The molecule has 14 nitrogen and oxygen atoms in total. The molecule has 0 radical (unpaired) electrons. The largest absolute Gasteiger partial charge is 0.477 e. The molecule has 2 amide bonds. The highest BCUT2D eigenvalue weighted by atomic mass is 16.6. The summed E-state index contributed by atoms with van der Waals surface area (Å²) in [7, 11) is 0. The average Bonchev–Trinajstić information content (AvgIpc) is 2.88. The normalized spacial score (nSPS) is 14.0. The number of nitro benzene ring substituents is 1. The van der Waals surface area contributed by atoms with Crippen LogP contribution in [-0.4, -0.2) is 44.6 Å². The summed E-state index contributed by atoms with van der Waals surface area (Å²) in [6, 6.07) is 8.15. The molecular formula is C23H19N7O7. The number of nitrogens with one attached hydrogen (secondary N) is 3. The molecule has 2 aromatic carbocycles. The van der Waals surface area contributed by atoms with Crippen LogP contribution in [-0.2, 0) is 16.1 Å². The van der Waals surface area contributed by atoms with Gasteiger partial charge in [0, 0.05) is 36.8 Å². The zero-order chi connectivity index (χ0) is 26.7. The smallest absolute Gasteiger partial charge is 0.352 e. The van der Waals surface area contributed by atoms with Crippen molar-refractivity contribution in [3.63, 3.8) is 0 Å². The number of benzene rings is 2. The van der Waals surface area contributed by atoms with Crippen molar-refractivity contribution in [3.05, 3.63) is 80.8 Å². The first-order chi connectivity index (χ1) is 17.7. The number of fused-ring (bicyclic) bond motifs is 1. The molecule has 4 rings (SSSR count). The number of aliphatic imine (C=N–C) groups is 1. The van der Waals surface area contributed by atoms with E-state index >= 15 is 0 Å². The number of carbonyl (C=O) groups is 3. The van der Waals surface area contributed by atoms with E-state index in [1.54, 1.807) is 24.3 Å². The lowest BCUT2D eigenvalue weighted by Crippen LogP contribution is -2.38. The van der Waals surface area contributed by atoms with Crippen molar-refractivity contribution in [1.82, 2.24) is 4.57 Å². The van der Waals surface area contributed by atoms with Gasteiger partial charge in [0.2, 0.25) is 5.43 Å². The minimum Gasteiger partial charge on any atom is -0.477 e. The van der Waals surface area contributed by atoms with E-state index in [0.717, 1.165) is 17.7 Å². The molecule has 3 aromatic rings. The summed E-state index contributed by atoms with van der Waals surface area (Å²) >= 11 is 0. The lowest BCUT2D eigenvalue weighted by atomic mass is 10.1. The van der Waals surface area contributed by atoms with Crippen LogP contribution in [0.1, 0.15) is 5.56 Å². The molecule has 1 aliphatic rings. The predicted octanol–water partition coefficient (Wildman–Crippen LogP) is 2.00. The molecule has 188 valence electrons. The summed E-state index contributed by atoms with van der Waals surface area (Å²) in [6.45, 7) is 0.335. The molecule has 2 heterocycles. The molecule has 1 atom stereocenters. The van der Waals surface area contributed by atoms with Gasteiger partial charge < -0.3 is 36.2 Å². The second-order valence-corrected chi connectivity index (χ2v) is 7.79. The zero-order valence-electron chi connectivity index (χ0n) is 18.9. The van der Waals surface area contributed by atoms with Crippen molar-refractivity contribution < 1.29 is 24.4 Å². The van der Waals surface area contributed by atoms with E-state index < -0.39 is 39.8 Å². The van der Waals surface area contributed by atoms with Gasteiger partial charge in [0.15, 0.2) is 5.71 Å². The van der Waals surface area contributed by atoms with Gasteiger partial charge in [-0.05, 0) is 23.8 Å². The highest BCUT2D eigenvalue weighted by molar-refractivity contribution is 6.42. The third-order valence-corrected chi connectivity index (χ3v) is 5.39. The summed E-state index contributed by atoms with van der Waals surface area (Å²) < 4.78 is 1.22. The summed E-state index contributed by atoms with van der Waals surface area (Å²) in [5.41, 5.74) is 5.25. The number of aromatic nitrogens is 1. The van der Waals surface area contributed by atoms with E-state index in [0.29, 0.717) is 18.5 Å². The summed E-state index contributed by atoms with van der Waals surface area (Å²) in [5, 5.41) is 28.7.